The molecule has 144 valence electrons. The molecule has 0 radical (unpaired) electrons. The number of nitrogens with zero attached hydrogens (tertiary/aromatic N) is 4. The number of hydrogen-bond donors (Lipinski definition) is 1. The van der Waals surface area contributed by atoms with Gasteiger partial charge < -0.3 is 10.1 Å². The monoisotopic (exact) mass is 411 g/mol. The summed E-state index contributed by atoms with van der Waals surface area (Å²) in [5.74, 6) is -0.412. The molecule has 1 fully saturated rings. The smallest absolute Gasteiger partial charge is 0.315 e. The van der Waals surface area contributed by atoms with Crippen molar-refractivity contribution in [3.8, 4) is 5.95 Å². The number of nitrogens with one attached hydrogen (secondary N) is 1. The summed E-state index contributed by atoms with van der Waals surface area (Å²) in [6.07, 6.45) is 0.291. The van der Waals surface area contributed by atoms with Gasteiger partial charge in [0.1, 0.15) is 15.6 Å². The number of halogens is 2. The molecule has 0 aliphatic heterocycles. The van der Waals surface area contributed by atoms with Crippen molar-refractivity contribution in [3.63, 3.8) is 0 Å². The summed E-state index contributed by atoms with van der Waals surface area (Å²) in [4.78, 5) is 33.0. The number of carbonyl (C=O) groups excluding carboxylic acids is 2. The fourth-order valence-corrected chi connectivity index (χ4v) is 3.32. The van der Waals surface area contributed by atoms with E-state index in [4.69, 9.17) is 27.9 Å². The van der Waals surface area contributed by atoms with Crippen molar-refractivity contribution in [1.82, 2.24) is 19.7 Å². The highest BCUT2D eigenvalue weighted by Crippen LogP contribution is 2.64. The Labute approximate surface area is 166 Å². The predicted molar refractivity (Wildman–Crippen MR) is 100 cm³/mol. The zero-order valence-electron chi connectivity index (χ0n) is 15.3. The van der Waals surface area contributed by atoms with Crippen LogP contribution in [0, 0.1) is 26.2 Å². The topological polar surface area (TPSA) is 99.0 Å². The van der Waals surface area contributed by atoms with E-state index in [-0.39, 0.29) is 0 Å². The largest absolute Gasteiger partial charge is 0.455 e. The Hall–Kier alpha value is -2.19. The number of anilines is 1. The van der Waals surface area contributed by atoms with Gasteiger partial charge in [0.25, 0.3) is 11.9 Å². The Balaban J connectivity index is 1.69. The van der Waals surface area contributed by atoms with Gasteiger partial charge in [-0.15, -0.1) is 23.2 Å². The van der Waals surface area contributed by atoms with Crippen molar-refractivity contribution < 1.29 is 14.3 Å². The van der Waals surface area contributed by atoms with Crippen LogP contribution in [-0.2, 0) is 14.3 Å². The SMILES string of the molecule is Cc1cc(C)nc(-n2nc(C)cc2NC(=O)COC(=O)C2(C)CC2(Cl)Cl)n1. The van der Waals surface area contributed by atoms with Crippen molar-refractivity contribution in [3.05, 3.63) is 29.2 Å². The van der Waals surface area contributed by atoms with E-state index < -0.39 is 28.2 Å². The molecule has 0 bridgehead atoms. The van der Waals surface area contributed by atoms with E-state index in [1.807, 2.05) is 19.9 Å². The van der Waals surface area contributed by atoms with Crippen LogP contribution < -0.4 is 5.32 Å². The molecule has 27 heavy (non-hydrogen) atoms. The number of ether oxygens (including phenoxy) is 1. The first kappa shape index (κ1) is 19.6. The molecule has 1 amide bonds. The van der Waals surface area contributed by atoms with Gasteiger partial charge in [-0.2, -0.15) is 9.78 Å². The lowest BCUT2D eigenvalue weighted by atomic mass is 10.1. The van der Waals surface area contributed by atoms with Crippen LogP contribution in [0.4, 0.5) is 5.82 Å². The van der Waals surface area contributed by atoms with Crippen molar-refractivity contribution >= 4 is 40.9 Å². The van der Waals surface area contributed by atoms with Crippen LogP contribution in [0.15, 0.2) is 12.1 Å². The summed E-state index contributed by atoms with van der Waals surface area (Å²) in [6.45, 7) is 6.61. The number of rotatable bonds is 5. The van der Waals surface area contributed by atoms with Crippen LogP contribution in [0.25, 0.3) is 5.95 Å². The van der Waals surface area contributed by atoms with Gasteiger partial charge in [0, 0.05) is 23.9 Å². The molecule has 1 unspecified atom stereocenters. The Morgan fingerprint density at radius 1 is 1.19 bits per heavy atom. The molecule has 1 saturated carbocycles. The second kappa shape index (κ2) is 6.76. The quantitative estimate of drug-likeness (QED) is 0.599. The number of hydrogen-bond acceptors (Lipinski definition) is 6. The van der Waals surface area contributed by atoms with E-state index in [0.29, 0.717) is 23.9 Å². The highest BCUT2D eigenvalue weighted by atomic mass is 35.5. The van der Waals surface area contributed by atoms with Gasteiger partial charge >= 0.3 is 5.97 Å². The molecular weight excluding hydrogens is 393 g/mol. The molecular formula is C17H19Cl2N5O3. The van der Waals surface area contributed by atoms with Crippen LogP contribution >= 0.6 is 23.2 Å². The second-order valence-corrected chi connectivity index (χ2v) is 8.36. The predicted octanol–water partition coefficient (Wildman–Crippen LogP) is 2.65. The maximum Gasteiger partial charge on any atom is 0.315 e. The molecule has 10 heteroatoms. The Morgan fingerprint density at radius 2 is 1.78 bits per heavy atom. The molecule has 1 aliphatic carbocycles. The van der Waals surface area contributed by atoms with Crippen molar-refractivity contribution in [2.24, 2.45) is 5.41 Å². The maximum absolute atomic E-state index is 12.2. The van der Waals surface area contributed by atoms with Crippen molar-refractivity contribution in [2.75, 3.05) is 11.9 Å². The number of aryl methyl sites for hydroxylation is 3. The summed E-state index contributed by atoms with van der Waals surface area (Å²) in [7, 11) is 0. The van der Waals surface area contributed by atoms with E-state index in [1.165, 1.54) is 4.68 Å². The molecule has 1 atom stereocenters. The van der Waals surface area contributed by atoms with Crippen LogP contribution in [-0.4, -0.2) is 42.6 Å². The van der Waals surface area contributed by atoms with Gasteiger partial charge in [-0.1, -0.05) is 0 Å². The second-order valence-electron chi connectivity index (χ2n) is 6.87. The van der Waals surface area contributed by atoms with Gasteiger partial charge in [0.2, 0.25) is 0 Å². The molecule has 1 aliphatic rings. The van der Waals surface area contributed by atoms with Gasteiger partial charge in [-0.05, 0) is 33.8 Å². The van der Waals surface area contributed by atoms with E-state index in [2.05, 4.69) is 20.4 Å². The third-order valence-electron chi connectivity index (χ3n) is 4.30. The Kier molecular flexibility index (Phi) is 4.90. The van der Waals surface area contributed by atoms with Crippen LogP contribution in [0.3, 0.4) is 0 Å². The van der Waals surface area contributed by atoms with E-state index in [9.17, 15) is 9.59 Å². The third-order valence-corrected chi connectivity index (χ3v) is 5.40. The van der Waals surface area contributed by atoms with Crippen molar-refractivity contribution in [1.29, 1.82) is 0 Å². The number of aromatic nitrogens is 4. The standard InChI is InChI=1S/C17H19Cl2N5O3/c1-9-5-10(2)21-15(20-9)24-12(6-11(3)23-24)22-13(25)7-27-14(26)16(4)8-17(16,18)19/h5-6H,7-8H2,1-4H3,(H,22,25). The average Bonchev–Trinajstić information content (AvgIpc) is 2.88. The minimum atomic E-state index is -1.14. The fraction of sp³-hybridized carbons (Fsp3) is 0.471. The van der Waals surface area contributed by atoms with Crippen LogP contribution in [0.1, 0.15) is 30.4 Å². The highest BCUT2D eigenvalue weighted by molar-refractivity contribution is 6.53. The molecule has 3 rings (SSSR count). The summed E-state index contributed by atoms with van der Waals surface area (Å²) >= 11 is 11.9. The first-order valence-corrected chi connectivity index (χ1v) is 9.02. The first-order valence-electron chi connectivity index (χ1n) is 8.26. The molecule has 0 spiro atoms. The lowest BCUT2D eigenvalue weighted by molar-refractivity contribution is -0.152. The fourth-order valence-electron chi connectivity index (χ4n) is 2.63. The number of amides is 1. The van der Waals surface area contributed by atoms with Gasteiger partial charge in [0.05, 0.1) is 5.69 Å². The van der Waals surface area contributed by atoms with E-state index in [1.54, 1.807) is 19.9 Å². The number of carbonyl (C=O) groups is 2. The minimum Gasteiger partial charge on any atom is -0.455 e. The number of alkyl halides is 2. The summed E-state index contributed by atoms with van der Waals surface area (Å²) in [5.41, 5.74) is 1.24. The van der Waals surface area contributed by atoms with E-state index >= 15 is 0 Å². The normalized spacial score (nSPS) is 20.2. The van der Waals surface area contributed by atoms with Crippen molar-refractivity contribution in [2.45, 2.75) is 38.4 Å². The maximum atomic E-state index is 12.2. The zero-order chi connectivity index (χ0) is 20.0. The van der Waals surface area contributed by atoms with Gasteiger partial charge in [0.15, 0.2) is 6.61 Å². The van der Waals surface area contributed by atoms with Crippen LogP contribution in [0.5, 0.6) is 0 Å². The lowest BCUT2D eigenvalue weighted by Crippen LogP contribution is -2.27. The molecule has 8 nitrogen and oxygen atoms in total. The first-order chi connectivity index (χ1) is 12.5. The molecule has 1 N–H and O–H groups in total. The van der Waals surface area contributed by atoms with E-state index in [0.717, 1.165) is 11.4 Å². The lowest BCUT2D eigenvalue weighted by Gasteiger charge is -2.12. The summed E-state index contributed by atoms with van der Waals surface area (Å²) in [5, 5.41) is 6.97. The number of esters is 1. The Morgan fingerprint density at radius 3 is 2.33 bits per heavy atom. The van der Waals surface area contributed by atoms with Gasteiger partial charge in [-0.25, -0.2) is 9.97 Å². The molecule has 0 aromatic carbocycles. The molecule has 0 saturated heterocycles. The highest BCUT2D eigenvalue weighted by Gasteiger charge is 2.69. The van der Waals surface area contributed by atoms with Gasteiger partial charge in [-0.3, -0.25) is 9.59 Å². The third kappa shape index (κ3) is 3.91. The van der Waals surface area contributed by atoms with Crippen LogP contribution in [0.2, 0.25) is 0 Å². The average molecular weight is 412 g/mol. The summed E-state index contributed by atoms with van der Waals surface area (Å²) in [6, 6.07) is 3.51. The molecule has 2 heterocycles. The Bertz CT molecular complexity index is 907. The minimum absolute atomic E-state index is 0.291. The summed E-state index contributed by atoms with van der Waals surface area (Å²) < 4.78 is 5.34. The zero-order valence-corrected chi connectivity index (χ0v) is 16.9. The molecule has 2 aromatic heterocycles. The molecule has 2 aromatic rings.